The predicted octanol–water partition coefficient (Wildman–Crippen LogP) is 3.35. The second kappa shape index (κ2) is 10.2. The van der Waals surface area contributed by atoms with Crippen molar-refractivity contribution in [3.05, 3.63) is 92.3 Å². The van der Waals surface area contributed by atoms with Crippen LogP contribution < -0.4 is 10.1 Å². The Balaban J connectivity index is 1.61. The number of rotatable bonds is 9. The number of furan rings is 1. The van der Waals surface area contributed by atoms with Crippen LogP contribution in [0.1, 0.15) is 28.0 Å². The molecule has 0 bridgehead atoms. The van der Waals surface area contributed by atoms with E-state index >= 15 is 0 Å². The van der Waals surface area contributed by atoms with E-state index in [1.807, 2.05) is 18.2 Å². The molecule has 0 saturated carbocycles. The Morgan fingerprint density at radius 3 is 2.52 bits per heavy atom. The summed E-state index contributed by atoms with van der Waals surface area (Å²) >= 11 is 3.38. The van der Waals surface area contributed by atoms with E-state index in [1.165, 1.54) is 30.3 Å². The van der Waals surface area contributed by atoms with E-state index in [2.05, 4.69) is 21.2 Å². The maximum absolute atomic E-state index is 12.5. The highest BCUT2D eigenvalue weighted by Gasteiger charge is 2.24. The molecular formula is C21H19BrN2O7. The summed E-state index contributed by atoms with van der Waals surface area (Å²) in [5.41, 5.74) is 0.181. The van der Waals surface area contributed by atoms with E-state index in [1.54, 1.807) is 12.1 Å². The highest BCUT2D eigenvalue weighted by Crippen LogP contribution is 2.25. The Morgan fingerprint density at radius 1 is 1.16 bits per heavy atom. The lowest BCUT2D eigenvalue weighted by molar-refractivity contribution is -0.384. The Labute approximate surface area is 185 Å². The van der Waals surface area contributed by atoms with Gasteiger partial charge in [-0.15, -0.1) is 0 Å². The number of hydrogen-bond donors (Lipinski definition) is 3. The van der Waals surface area contributed by atoms with E-state index in [4.69, 9.17) is 9.15 Å². The van der Waals surface area contributed by atoms with Gasteiger partial charge in [-0.05, 0) is 57.9 Å². The second-order valence-corrected chi connectivity index (χ2v) is 7.40. The SMILES string of the molecule is O=C(NC(CO)C(O)c1ccc([N+](=O)[O-])cc1)c1ccc(COc2ccccc2Br)o1. The number of benzene rings is 2. The lowest BCUT2D eigenvalue weighted by Crippen LogP contribution is -2.41. The lowest BCUT2D eigenvalue weighted by atomic mass is 10.0. The Bertz CT molecular complexity index is 1050. The number of nitro benzene ring substituents is 1. The van der Waals surface area contributed by atoms with Crippen molar-refractivity contribution in [2.75, 3.05) is 6.61 Å². The van der Waals surface area contributed by atoms with Crippen LogP contribution in [0, 0.1) is 10.1 Å². The van der Waals surface area contributed by atoms with Crippen molar-refractivity contribution in [2.45, 2.75) is 18.8 Å². The first-order valence-electron chi connectivity index (χ1n) is 9.19. The van der Waals surface area contributed by atoms with Crippen LogP contribution in [-0.4, -0.2) is 33.7 Å². The highest BCUT2D eigenvalue weighted by molar-refractivity contribution is 9.10. The van der Waals surface area contributed by atoms with Crippen molar-refractivity contribution in [3.8, 4) is 5.75 Å². The first-order valence-corrected chi connectivity index (χ1v) is 9.98. The van der Waals surface area contributed by atoms with E-state index in [0.29, 0.717) is 17.1 Å². The quantitative estimate of drug-likeness (QED) is 0.309. The number of nitrogens with one attached hydrogen (secondary N) is 1. The van der Waals surface area contributed by atoms with Gasteiger partial charge in [-0.3, -0.25) is 14.9 Å². The number of nitrogens with zero attached hydrogens (tertiary/aromatic N) is 1. The van der Waals surface area contributed by atoms with Crippen molar-refractivity contribution in [2.24, 2.45) is 0 Å². The maximum Gasteiger partial charge on any atom is 0.287 e. The van der Waals surface area contributed by atoms with Crippen LogP contribution >= 0.6 is 15.9 Å². The number of carbonyl (C=O) groups is 1. The molecule has 0 radical (unpaired) electrons. The van der Waals surface area contributed by atoms with Gasteiger partial charge >= 0.3 is 0 Å². The predicted molar refractivity (Wildman–Crippen MR) is 114 cm³/mol. The molecule has 3 N–H and O–H groups in total. The minimum atomic E-state index is -1.28. The number of hydrogen-bond acceptors (Lipinski definition) is 7. The van der Waals surface area contributed by atoms with Crippen molar-refractivity contribution in [1.29, 1.82) is 0 Å². The number of nitro groups is 1. The Hall–Kier alpha value is -3.21. The molecule has 0 fully saturated rings. The fraction of sp³-hybridized carbons (Fsp3) is 0.190. The summed E-state index contributed by atoms with van der Waals surface area (Å²) in [5.74, 6) is 0.390. The van der Waals surface area contributed by atoms with Crippen LogP contribution in [0.25, 0.3) is 0 Å². The first kappa shape index (κ1) is 22.5. The molecule has 1 heterocycles. The number of non-ortho nitro benzene ring substituents is 1. The number of para-hydroxylation sites is 1. The molecule has 3 aromatic rings. The van der Waals surface area contributed by atoms with Gasteiger partial charge in [-0.25, -0.2) is 0 Å². The topological polar surface area (TPSA) is 135 Å². The molecule has 0 aliphatic rings. The van der Waals surface area contributed by atoms with Gasteiger partial charge < -0.3 is 24.7 Å². The third kappa shape index (κ3) is 5.69. The van der Waals surface area contributed by atoms with Crippen molar-refractivity contribution >= 4 is 27.5 Å². The molecule has 1 amide bonds. The molecular weight excluding hydrogens is 472 g/mol. The van der Waals surface area contributed by atoms with Crippen LogP contribution in [0.15, 0.2) is 69.6 Å². The summed E-state index contributed by atoms with van der Waals surface area (Å²) in [6.45, 7) is -0.451. The summed E-state index contributed by atoms with van der Waals surface area (Å²) in [7, 11) is 0. The normalized spacial score (nSPS) is 12.7. The van der Waals surface area contributed by atoms with Crippen molar-refractivity contribution in [1.82, 2.24) is 5.32 Å². The molecule has 1 aromatic heterocycles. The Morgan fingerprint density at radius 2 is 1.87 bits per heavy atom. The van der Waals surface area contributed by atoms with Gasteiger partial charge in [0.1, 0.15) is 24.2 Å². The van der Waals surface area contributed by atoms with Crippen LogP contribution in [0.3, 0.4) is 0 Å². The molecule has 9 nitrogen and oxygen atoms in total. The minimum absolute atomic E-state index is 0.0138. The molecule has 0 spiro atoms. The van der Waals surface area contributed by atoms with Crippen LogP contribution in [0.5, 0.6) is 5.75 Å². The standard InChI is InChI=1S/C21H19BrN2O7/c22-16-3-1-2-4-18(16)30-12-15-9-10-19(31-15)21(27)23-17(11-25)20(26)13-5-7-14(8-6-13)24(28)29/h1-10,17,20,25-26H,11-12H2,(H,23,27). The second-order valence-electron chi connectivity index (χ2n) is 6.54. The van der Waals surface area contributed by atoms with Crippen LogP contribution in [-0.2, 0) is 6.61 Å². The zero-order valence-corrected chi connectivity index (χ0v) is 17.7. The average Bonchev–Trinajstić information content (AvgIpc) is 3.25. The molecule has 31 heavy (non-hydrogen) atoms. The summed E-state index contributed by atoms with van der Waals surface area (Å²) in [5, 5.41) is 33.3. The van der Waals surface area contributed by atoms with Gasteiger partial charge in [0, 0.05) is 12.1 Å². The largest absolute Gasteiger partial charge is 0.484 e. The fourth-order valence-electron chi connectivity index (χ4n) is 2.78. The van der Waals surface area contributed by atoms with Crippen LogP contribution in [0.4, 0.5) is 5.69 Å². The molecule has 0 saturated heterocycles. The van der Waals surface area contributed by atoms with E-state index in [9.17, 15) is 25.1 Å². The summed E-state index contributed by atoms with van der Waals surface area (Å²) in [6.07, 6.45) is -1.28. The molecule has 3 rings (SSSR count). The number of aliphatic hydroxyl groups is 2. The van der Waals surface area contributed by atoms with Gasteiger partial charge in [0.2, 0.25) is 0 Å². The van der Waals surface area contributed by atoms with Gasteiger partial charge in [-0.2, -0.15) is 0 Å². The number of ether oxygens (including phenoxy) is 1. The van der Waals surface area contributed by atoms with E-state index in [-0.39, 0.29) is 18.1 Å². The summed E-state index contributed by atoms with van der Waals surface area (Å²) in [6, 6.07) is 14.5. The highest BCUT2D eigenvalue weighted by atomic mass is 79.9. The average molecular weight is 491 g/mol. The molecule has 162 valence electrons. The zero-order valence-electron chi connectivity index (χ0n) is 16.1. The number of carbonyl (C=O) groups excluding carboxylic acids is 1. The zero-order chi connectivity index (χ0) is 22.4. The third-order valence-electron chi connectivity index (χ3n) is 4.43. The van der Waals surface area contributed by atoms with E-state index < -0.39 is 29.6 Å². The lowest BCUT2D eigenvalue weighted by Gasteiger charge is -2.22. The molecule has 0 aliphatic carbocycles. The molecule has 0 aliphatic heterocycles. The first-order chi connectivity index (χ1) is 14.9. The van der Waals surface area contributed by atoms with Gasteiger partial charge in [-0.1, -0.05) is 12.1 Å². The summed E-state index contributed by atoms with van der Waals surface area (Å²) < 4.78 is 11.9. The van der Waals surface area contributed by atoms with Gasteiger partial charge in [0.15, 0.2) is 5.76 Å². The monoisotopic (exact) mass is 490 g/mol. The molecule has 2 unspecified atom stereocenters. The smallest absolute Gasteiger partial charge is 0.287 e. The Kier molecular flexibility index (Phi) is 7.40. The number of aliphatic hydroxyl groups excluding tert-OH is 2. The third-order valence-corrected chi connectivity index (χ3v) is 5.09. The van der Waals surface area contributed by atoms with Crippen molar-refractivity contribution in [3.63, 3.8) is 0 Å². The summed E-state index contributed by atoms with van der Waals surface area (Å²) in [4.78, 5) is 22.7. The van der Waals surface area contributed by atoms with Gasteiger partial charge in [0.25, 0.3) is 11.6 Å². The molecule has 2 atom stereocenters. The molecule has 2 aromatic carbocycles. The van der Waals surface area contributed by atoms with Crippen molar-refractivity contribution < 1.29 is 29.1 Å². The minimum Gasteiger partial charge on any atom is -0.484 e. The maximum atomic E-state index is 12.5. The number of halogens is 1. The molecule has 10 heteroatoms. The fourth-order valence-corrected chi connectivity index (χ4v) is 3.18. The van der Waals surface area contributed by atoms with Crippen LogP contribution in [0.2, 0.25) is 0 Å². The number of amides is 1. The van der Waals surface area contributed by atoms with Gasteiger partial charge in [0.05, 0.1) is 22.0 Å². The van der Waals surface area contributed by atoms with E-state index in [0.717, 1.165) is 4.47 Å².